The fourth-order valence-electron chi connectivity index (χ4n) is 1.68. The lowest BCUT2D eigenvalue weighted by molar-refractivity contribution is -0.138. The molecular formula is C14H15NO2S. The summed E-state index contributed by atoms with van der Waals surface area (Å²) >= 11 is 1.50. The first-order chi connectivity index (χ1) is 8.56. The van der Waals surface area contributed by atoms with Crippen LogP contribution >= 0.6 is 11.3 Å². The van der Waals surface area contributed by atoms with Gasteiger partial charge in [-0.1, -0.05) is 17.7 Å². The Morgan fingerprint density at radius 3 is 2.33 bits per heavy atom. The van der Waals surface area contributed by atoms with Crippen LogP contribution in [0.3, 0.4) is 0 Å². The highest BCUT2D eigenvalue weighted by molar-refractivity contribution is 7.12. The molecule has 94 valence electrons. The Bertz CT molecular complexity index is 545. The molecule has 2 N–H and O–H groups in total. The van der Waals surface area contributed by atoms with Gasteiger partial charge in [0.25, 0.3) is 0 Å². The Hall–Kier alpha value is -1.81. The van der Waals surface area contributed by atoms with Crippen LogP contribution in [0.15, 0.2) is 36.4 Å². The molecule has 0 aliphatic heterocycles. The summed E-state index contributed by atoms with van der Waals surface area (Å²) in [6.45, 7) is 3.97. The Kier molecular flexibility index (Phi) is 3.67. The zero-order valence-corrected chi connectivity index (χ0v) is 11.1. The van der Waals surface area contributed by atoms with Crippen molar-refractivity contribution in [3.8, 4) is 0 Å². The number of anilines is 1. The second-order valence-corrected chi connectivity index (χ2v) is 5.55. The Labute approximate surface area is 110 Å². The molecule has 2 aromatic rings. The van der Waals surface area contributed by atoms with E-state index in [1.54, 1.807) is 0 Å². The van der Waals surface area contributed by atoms with E-state index in [-0.39, 0.29) is 0 Å². The topological polar surface area (TPSA) is 49.3 Å². The van der Waals surface area contributed by atoms with Crippen LogP contribution in [-0.2, 0) is 4.79 Å². The SMILES string of the molecule is Cc1ccc(NC(C(=O)O)c2ccc(C)s2)cc1. The molecule has 18 heavy (non-hydrogen) atoms. The van der Waals surface area contributed by atoms with Gasteiger partial charge in [0.15, 0.2) is 6.04 Å². The Morgan fingerprint density at radius 2 is 1.83 bits per heavy atom. The molecule has 1 aromatic carbocycles. The fraction of sp³-hybridized carbons (Fsp3) is 0.214. The minimum Gasteiger partial charge on any atom is -0.479 e. The lowest BCUT2D eigenvalue weighted by Crippen LogP contribution is -2.19. The maximum absolute atomic E-state index is 11.3. The van der Waals surface area contributed by atoms with Crippen LogP contribution in [0.25, 0.3) is 0 Å². The number of hydrogen-bond acceptors (Lipinski definition) is 3. The molecule has 0 spiro atoms. The zero-order chi connectivity index (χ0) is 13.1. The molecular weight excluding hydrogens is 246 g/mol. The van der Waals surface area contributed by atoms with E-state index in [0.29, 0.717) is 0 Å². The zero-order valence-electron chi connectivity index (χ0n) is 10.3. The molecule has 0 saturated heterocycles. The van der Waals surface area contributed by atoms with Crippen LogP contribution in [0.4, 0.5) is 5.69 Å². The van der Waals surface area contributed by atoms with E-state index < -0.39 is 12.0 Å². The summed E-state index contributed by atoms with van der Waals surface area (Å²) in [6.07, 6.45) is 0. The van der Waals surface area contributed by atoms with Gasteiger partial charge in [-0.25, -0.2) is 4.79 Å². The maximum Gasteiger partial charge on any atom is 0.331 e. The summed E-state index contributed by atoms with van der Waals surface area (Å²) in [5.74, 6) is -0.863. The van der Waals surface area contributed by atoms with E-state index >= 15 is 0 Å². The standard InChI is InChI=1S/C14H15NO2S/c1-9-3-6-11(7-4-9)15-13(14(16)17)12-8-5-10(2)18-12/h3-8,13,15H,1-2H3,(H,16,17). The Balaban J connectivity index is 2.22. The molecule has 0 aliphatic rings. The molecule has 1 unspecified atom stereocenters. The maximum atomic E-state index is 11.3. The van der Waals surface area contributed by atoms with Crippen molar-refractivity contribution in [1.29, 1.82) is 0 Å². The number of aryl methyl sites for hydroxylation is 2. The van der Waals surface area contributed by atoms with E-state index in [1.165, 1.54) is 11.3 Å². The molecule has 2 rings (SSSR count). The lowest BCUT2D eigenvalue weighted by atomic mass is 10.2. The monoisotopic (exact) mass is 261 g/mol. The number of carbonyl (C=O) groups is 1. The van der Waals surface area contributed by atoms with Gasteiger partial charge in [-0.05, 0) is 38.1 Å². The van der Waals surface area contributed by atoms with E-state index in [9.17, 15) is 9.90 Å². The predicted octanol–water partition coefficient (Wildman–Crippen LogP) is 3.60. The highest BCUT2D eigenvalue weighted by Gasteiger charge is 2.20. The highest BCUT2D eigenvalue weighted by Crippen LogP contribution is 2.26. The van der Waals surface area contributed by atoms with E-state index in [2.05, 4.69) is 5.32 Å². The average Bonchev–Trinajstić information content (AvgIpc) is 2.74. The molecule has 0 saturated carbocycles. The van der Waals surface area contributed by atoms with Crippen molar-refractivity contribution < 1.29 is 9.90 Å². The third-order valence-electron chi connectivity index (χ3n) is 2.66. The summed E-state index contributed by atoms with van der Waals surface area (Å²) < 4.78 is 0. The van der Waals surface area contributed by atoms with E-state index in [0.717, 1.165) is 21.0 Å². The molecule has 0 amide bonds. The number of aliphatic carboxylic acids is 1. The van der Waals surface area contributed by atoms with Gasteiger partial charge in [0.2, 0.25) is 0 Å². The molecule has 1 atom stereocenters. The van der Waals surface area contributed by atoms with Gasteiger partial charge >= 0.3 is 5.97 Å². The first kappa shape index (κ1) is 12.6. The van der Waals surface area contributed by atoms with Gasteiger partial charge in [-0.2, -0.15) is 0 Å². The summed E-state index contributed by atoms with van der Waals surface area (Å²) in [7, 11) is 0. The second-order valence-electron chi connectivity index (χ2n) is 4.23. The molecule has 0 bridgehead atoms. The van der Waals surface area contributed by atoms with E-state index in [1.807, 2.05) is 50.2 Å². The third kappa shape index (κ3) is 2.90. The van der Waals surface area contributed by atoms with Crippen LogP contribution in [0.5, 0.6) is 0 Å². The normalized spacial score (nSPS) is 12.1. The van der Waals surface area contributed by atoms with Crippen LogP contribution in [0, 0.1) is 13.8 Å². The first-order valence-corrected chi connectivity index (χ1v) is 6.50. The number of carboxylic acids is 1. The molecule has 4 heteroatoms. The number of benzene rings is 1. The van der Waals surface area contributed by atoms with Crippen molar-refractivity contribution in [2.24, 2.45) is 0 Å². The van der Waals surface area contributed by atoms with Crippen molar-refractivity contribution in [2.45, 2.75) is 19.9 Å². The number of hydrogen-bond donors (Lipinski definition) is 2. The van der Waals surface area contributed by atoms with Gasteiger partial charge < -0.3 is 10.4 Å². The van der Waals surface area contributed by atoms with Crippen molar-refractivity contribution in [3.63, 3.8) is 0 Å². The molecule has 1 heterocycles. The predicted molar refractivity (Wildman–Crippen MR) is 74.2 cm³/mol. The summed E-state index contributed by atoms with van der Waals surface area (Å²) in [5, 5.41) is 12.3. The molecule has 1 aromatic heterocycles. The molecule has 3 nitrogen and oxygen atoms in total. The fourth-order valence-corrected chi connectivity index (χ4v) is 2.60. The van der Waals surface area contributed by atoms with Gasteiger partial charge in [-0.3, -0.25) is 0 Å². The Morgan fingerprint density at radius 1 is 1.17 bits per heavy atom. The second kappa shape index (κ2) is 5.23. The molecule has 0 aliphatic carbocycles. The van der Waals surface area contributed by atoms with Crippen molar-refractivity contribution >= 4 is 23.0 Å². The number of thiophene rings is 1. The smallest absolute Gasteiger partial charge is 0.331 e. The summed E-state index contributed by atoms with van der Waals surface area (Å²) in [4.78, 5) is 13.3. The van der Waals surface area contributed by atoms with Crippen LogP contribution < -0.4 is 5.32 Å². The van der Waals surface area contributed by atoms with Crippen molar-refractivity contribution in [3.05, 3.63) is 51.7 Å². The van der Waals surface area contributed by atoms with Crippen molar-refractivity contribution in [2.75, 3.05) is 5.32 Å². The van der Waals surface area contributed by atoms with Gasteiger partial charge in [-0.15, -0.1) is 11.3 Å². The largest absolute Gasteiger partial charge is 0.479 e. The first-order valence-electron chi connectivity index (χ1n) is 5.68. The quantitative estimate of drug-likeness (QED) is 0.884. The van der Waals surface area contributed by atoms with E-state index in [4.69, 9.17) is 0 Å². The minimum atomic E-state index is -0.863. The van der Waals surface area contributed by atoms with Crippen LogP contribution in [-0.4, -0.2) is 11.1 Å². The summed E-state index contributed by atoms with van der Waals surface area (Å²) in [5.41, 5.74) is 1.97. The van der Waals surface area contributed by atoms with Gasteiger partial charge in [0.05, 0.1) is 0 Å². The van der Waals surface area contributed by atoms with Crippen molar-refractivity contribution in [1.82, 2.24) is 0 Å². The molecule has 0 radical (unpaired) electrons. The summed E-state index contributed by atoms with van der Waals surface area (Å²) in [6, 6.07) is 10.8. The van der Waals surface area contributed by atoms with Gasteiger partial charge in [0.1, 0.15) is 0 Å². The lowest BCUT2D eigenvalue weighted by Gasteiger charge is -2.14. The number of nitrogens with one attached hydrogen (secondary N) is 1. The molecule has 0 fully saturated rings. The number of carboxylic acid groups (broad SMARTS) is 1. The highest BCUT2D eigenvalue weighted by atomic mass is 32.1. The van der Waals surface area contributed by atoms with Gasteiger partial charge in [0, 0.05) is 15.4 Å². The van der Waals surface area contributed by atoms with Crippen LogP contribution in [0.2, 0.25) is 0 Å². The third-order valence-corrected chi connectivity index (χ3v) is 3.72. The minimum absolute atomic E-state index is 0.689. The number of rotatable bonds is 4. The average molecular weight is 261 g/mol. The van der Waals surface area contributed by atoms with Crippen LogP contribution in [0.1, 0.15) is 21.4 Å².